The minimum atomic E-state index is -0.631. The average Bonchev–Trinajstić information content (AvgIpc) is 3.72. The zero-order valence-corrected chi connectivity index (χ0v) is 28.9. The Morgan fingerprint density at radius 3 is 1.78 bits per heavy atom. The second kappa shape index (κ2) is 13.4. The molecule has 0 atom stereocenters. The molecule has 0 saturated carbocycles. The summed E-state index contributed by atoms with van der Waals surface area (Å²) < 4.78 is 85.9. The monoisotopic (exact) mass is 698 g/mol. The molecule has 0 bridgehead atoms. The molecule has 10 rings (SSSR count). The molecule has 10 aromatic rings. The predicted molar refractivity (Wildman–Crippen MR) is 228 cm³/mol. The summed E-state index contributed by atoms with van der Waals surface area (Å²) in [6.07, 6.45) is 0. The lowest BCUT2D eigenvalue weighted by Gasteiger charge is -2.26. The van der Waals surface area contributed by atoms with E-state index in [-0.39, 0.29) is 11.3 Å². The lowest BCUT2D eigenvalue weighted by molar-refractivity contribution is 0.673. The van der Waals surface area contributed by atoms with E-state index in [0.717, 1.165) is 66.1 Å². The van der Waals surface area contributed by atoms with Crippen LogP contribution in [0.5, 0.6) is 0 Å². The van der Waals surface area contributed by atoms with Gasteiger partial charge < -0.3 is 9.32 Å². The van der Waals surface area contributed by atoms with Gasteiger partial charge in [-0.05, 0) is 98.4 Å². The van der Waals surface area contributed by atoms with Crippen molar-refractivity contribution < 1.29 is 16.8 Å². The molecule has 0 spiro atoms. The maximum absolute atomic E-state index is 9.47. The van der Waals surface area contributed by atoms with Crippen molar-refractivity contribution in [1.82, 2.24) is 0 Å². The van der Waals surface area contributed by atoms with Gasteiger partial charge in [-0.2, -0.15) is 0 Å². The van der Waals surface area contributed by atoms with Crippen molar-refractivity contribution in [3.05, 3.63) is 212 Å². The first kappa shape index (κ1) is 23.4. The summed E-state index contributed by atoms with van der Waals surface area (Å²) in [4.78, 5) is 1.68. The number of fused-ring (bicyclic) bond motifs is 5. The predicted octanol–water partition coefficient (Wildman–Crippen LogP) is 14.9. The van der Waals surface area contributed by atoms with E-state index in [4.69, 9.17) is 11.3 Å². The highest BCUT2D eigenvalue weighted by Crippen LogP contribution is 2.42. The molecule has 54 heavy (non-hydrogen) atoms. The fourth-order valence-electron chi connectivity index (χ4n) is 7.22. The molecule has 0 fully saturated rings. The van der Waals surface area contributed by atoms with Gasteiger partial charge in [0, 0.05) is 33.2 Å². The van der Waals surface area contributed by atoms with E-state index in [1.54, 1.807) is 4.90 Å². The second-order valence-electron chi connectivity index (χ2n) is 13.0. The topological polar surface area (TPSA) is 16.4 Å². The van der Waals surface area contributed by atoms with Crippen LogP contribution in [-0.4, -0.2) is 0 Å². The van der Waals surface area contributed by atoms with Crippen LogP contribution >= 0.6 is 0 Å². The summed E-state index contributed by atoms with van der Waals surface area (Å²) in [5.74, 6) is 0. The summed E-state index contributed by atoms with van der Waals surface area (Å²) in [6, 6.07) is 46.8. The molecular weight excluding hydrogens is 655 g/mol. The molecule has 0 N–H and O–H groups in total. The van der Waals surface area contributed by atoms with Crippen molar-refractivity contribution in [3.8, 4) is 44.5 Å². The molecule has 0 aliphatic rings. The van der Waals surface area contributed by atoms with Crippen LogP contribution < -0.4 is 4.90 Å². The van der Waals surface area contributed by atoms with Crippen molar-refractivity contribution >= 4 is 49.8 Å². The molecule has 2 nitrogen and oxygen atoms in total. The van der Waals surface area contributed by atoms with Gasteiger partial charge in [-0.1, -0.05) is 164 Å². The normalized spacial score (nSPS) is 13.7. The van der Waals surface area contributed by atoms with Crippen LogP contribution in [0.1, 0.15) is 12.3 Å². The number of nitrogens with zero attached hydrogens (tertiary/aromatic N) is 1. The van der Waals surface area contributed by atoms with Gasteiger partial charge in [0.1, 0.15) is 11.2 Å². The zero-order chi connectivity index (χ0) is 43.7. The van der Waals surface area contributed by atoms with E-state index >= 15 is 0 Å². The first-order chi connectivity index (χ1) is 30.5. The third kappa shape index (κ3) is 5.71. The first-order valence-electron chi connectivity index (χ1n) is 22.2. The fourth-order valence-corrected chi connectivity index (χ4v) is 7.22. The number of rotatable bonds is 7. The molecule has 0 aliphatic carbocycles. The van der Waals surface area contributed by atoms with E-state index in [9.17, 15) is 5.48 Å². The third-order valence-electron chi connectivity index (χ3n) is 9.84. The molecule has 1 heterocycles. The summed E-state index contributed by atoms with van der Waals surface area (Å²) in [5.41, 5.74) is 7.57. The van der Waals surface area contributed by atoms with E-state index in [1.165, 1.54) is 0 Å². The van der Waals surface area contributed by atoms with E-state index in [2.05, 4.69) is 54.6 Å². The van der Waals surface area contributed by atoms with Crippen molar-refractivity contribution in [2.75, 3.05) is 4.90 Å². The number of anilines is 3. The third-order valence-corrected chi connectivity index (χ3v) is 9.84. The van der Waals surface area contributed by atoms with Gasteiger partial charge in [0.05, 0.1) is 12.3 Å². The quantitative estimate of drug-likeness (QED) is 0.165. The Labute approximate surface area is 327 Å². The number of furan rings is 1. The van der Waals surface area contributed by atoms with Gasteiger partial charge in [0.2, 0.25) is 0 Å². The van der Waals surface area contributed by atoms with Crippen LogP contribution in [0.25, 0.3) is 77.2 Å². The Morgan fingerprint density at radius 1 is 0.389 bits per heavy atom. The van der Waals surface area contributed by atoms with Gasteiger partial charge in [-0.15, -0.1) is 0 Å². The first-order valence-corrected chi connectivity index (χ1v) is 17.7. The summed E-state index contributed by atoms with van der Waals surface area (Å²) in [6.45, 7) is 0. The molecule has 0 radical (unpaired) electrons. The van der Waals surface area contributed by atoms with Crippen molar-refractivity contribution in [1.29, 1.82) is 0 Å². The molecular formula is C52H35NO. The molecule has 0 saturated heterocycles. The Hall–Kier alpha value is -7.16. The highest BCUT2D eigenvalue weighted by atomic mass is 16.3. The van der Waals surface area contributed by atoms with Crippen LogP contribution in [0.15, 0.2) is 217 Å². The Bertz CT molecular complexity index is 3380. The lowest BCUT2D eigenvalue weighted by atomic mass is 9.97. The second-order valence-corrected chi connectivity index (χ2v) is 13.0. The summed E-state index contributed by atoms with van der Waals surface area (Å²) >= 11 is 0. The SMILES string of the molecule is [2H]c1c([2H])c([2H])c(-c2c([2H])c([2H])c(N(c3ccc(-c4ccc(-c5ccccc5)cc4)cc3)c3cccc(-c4cccc5oc6c7ccccc7ccc6c45)c3)c([2H])c2[2H])c([2H])c1[2H]. The highest BCUT2D eigenvalue weighted by Gasteiger charge is 2.18. The average molecular weight is 699 g/mol. The highest BCUT2D eigenvalue weighted by molar-refractivity contribution is 6.19. The number of hydrogen-bond donors (Lipinski definition) is 0. The summed E-state index contributed by atoms with van der Waals surface area (Å²) in [7, 11) is 0. The van der Waals surface area contributed by atoms with E-state index in [1.807, 2.05) is 103 Å². The van der Waals surface area contributed by atoms with E-state index < -0.39 is 59.9 Å². The maximum atomic E-state index is 9.47. The van der Waals surface area contributed by atoms with Crippen LogP contribution in [0, 0.1) is 0 Å². The lowest BCUT2D eigenvalue weighted by Crippen LogP contribution is -2.10. The molecule has 9 aromatic carbocycles. The maximum Gasteiger partial charge on any atom is 0.143 e. The minimum Gasteiger partial charge on any atom is -0.455 e. The van der Waals surface area contributed by atoms with Gasteiger partial charge in [-0.3, -0.25) is 0 Å². The molecule has 1 aromatic heterocycles. The van der Waals surface area contributed by atoms with Crippen molar-refractivity contribution in [2.24, 2.45) is 0 Å². The Balaban J connectivity index is 1.15. The van der Waals surface area contributed by atoms with Crippen molar-refractivity contribution in [2.45, 2.75) is 0 Å². The van der Waals surface area contributed by atoms with Crippen LogP contribution in [0.4, 0.5) is 17.1 Å². The van der Waals surface area contributed by atoms with Crippen LogP contribution in [-0.2, 0) is 0 Å². The number of benzene rings is 9. The largest absolute Gasteiger partial charge is 0.455 e. The van der Waals surface area contributed by atoms with Crippen LogP contribution in [0.3, 0.4) is 0 Å². The molecule has 0 aliphatic heterocycles. The van der Waals surface area contributed by atoms with Gasteiger partial charge in [0.15, 0.2) is 0 Å². The Morgan fingerprint density at radius 2 is 1.02 bits per heavy atom. The van der Waals surface area contributed by atoms with E-state index in [0.29, 0.717) is 11.4 Å². The Kier molecular flexibility index (Phi) is 5.82. The van der Waals surface area contributed by atoms with Gasteiger partial charge in [0.25, 0.3) is 0 Å². The molecule has 0 amide bonds. The standard InChI is InChI=1S/C52H35NO/c1-3-11-36(12-4-1)38-21-23-39(24-22-38)41-27-32-45(33-28-41)53(44-30-25-40(26-31-44)37-13-5-2-6-14-37)46-17-9-16-43(35-46)47-19-10-20-50-51(47)49-34-29-42-15-7-8-18-48(42)52(49)54-50/h1-35H/i2D,5D,6D,13D,14D,25D,26D,30D,31D. The number of hydrogen-bond acceptors (Lipinski definition) is 2. The van der Waals surface area contributed by atoms with Crippen molar-refractivity contribution in [3.63, 3.8) is 0 Å². The zero-order valence-electron chi connectivity index (χ0n) is 37.9. The van der Waals surface area contributed by atoms with Gasteiger partial charge in [-0.25, -0.2) is 0 Å². The summed E-state index contributed by atoms with van der Waals surface area (Å²) in [5, 5.41) is 3.95. The van der Waals surface area contributed by atoms with Gasteiger partial charge >= 0.3 is 0 Å². The smallest absolute Gasteiger partial charge is 0.143 e. The fraction of sp³-hybridized carbons (Fsp3) is 0. The minimum absolute atomic E-state index is 0.0725. The molecule has 0 unspecified atom stereocenters. The molecule has 254 valence electrons. The van der Waals surface area contributed by atoms with Crippen LogP contribution in [0.2, 0.25) is 0 Å². The molecule has 2 heteroatoms.